The molecule has 1 aliphatic carbocycles. The second-order valence-electron chi connectivity index (χ2n) is 11.0. The number of aryl methyl sites for hydroxylation is 2. The topological polar surface area (TPSA) is 86.8 Å². The van der Waals surface area contributed by atoms with Crippen LogP contribution in [0.3, 0.4) is 0 Å². The van der Waals surface area contributed by atoms with E-state index < -0.39 is 28.5 Å². The van der Waals surface area contributed by atoms with Gasteiger partial charge in [0.15, 0.2) is 0 Å². The molecule has 7 nitrogen and oxygen atoms in total. The number of anilines is 1. The van der Waals surface area contributed by atoms with Crippen LogP contribution in [0.2, 0.25) is 5.02 Å². The summed E-state index contributed by atoms with van der Waals surface area (Å²) in [5.41, 5.74) is 2.79. The SMILES string of the molecule is CCC(C(=O)NC1CCCCC1)N(Cc1ccccc1Cl)C(=O)CN(c1ccc(C)cc1C)S(=O)(=O)c1ccccc1. The van der Waals surface area contributed by atoms with Gasteiger partial charge in [-0.25, -0.2) is 8.42 Å². The Morgan fingerprint density at radius 2 is 1.62 bits per heavy atom. The van der Waals surface area contributed by atoms with Crippen LogP contribution in [0, 0.1) is 13.8 Å². The minimum atomic E-state index is -4.12. The van der Waals surface area contributed by atoms with Crippen LogP contribution in [0.25, 0.3) is 0 Å². The Kier molecular flexibility index (Phi) is 10.7. The molecule has 1 unspecified atom stereocenters. The number of nitrogens with zero attached hydrogens (tertiary/aromatic N) is 2. The van der Waals surface area contributed by atoms with E-state index in [0.29, 0.717) is 22.7 Å². The average molecular weight is 610 g/mol. The summed E-state index contributed by atoms with van der Waals surface area (Å²) in [7, 11) is -4.12. The third kappa shape index (κ3) is 7.53. The van der Waals surface area contributed by atoms with Crippen molar-refractivity contribution in [3.05, 3.63) is 94.5 Å². The van der Waals surface area contributed by atoms with Gasteiger partial charge in [-0.1, -0.05) is 91.9 Å². The molecule has 0 radical (unpaired) electrons. The van der Waals surface area contributed by atoms with E-state index in [9.17, 15) is 18.0 Å². The number of carbonyl (C=O) groups excluding carboxylic acids is 2. The number of sulfonamides is 1. The van der Waals surface area contributed by atoms with E-state index in [4.69, 9.17) is 11.6 Å². The van der Waals surface area contributed by atoms with Gasteiger partial charge in [0.1, 0.15) is 12.6 Å². The molecule has 3 aromatic carbocycles. The first-order valence-electron chi connectivity index (χ1n) is 14.6. The molecular formula is C33H40ClN3O4S. The highest BCUT2D eigenvalue weighted by atomic mass is 35.5. The highest BCUT2D eigenvalue weighted by Gasteiger charge is 2.35. The first-order valence-corrected chi connectivity index (χ1v) is 16.4. The predicted molar refractivity (Wildman–Crippen MR) is 168 cm³/mol. The fourth-order valence-corrected chi connectivity index (χ4v) is 7.29. The number of carbonyl (C=O) groups is 2. The highest BCUT2D eigenvalue weighted by molar-refractivity contribution is 7.92. The first kappa shape index (κ1) is 31.6. The number of amides is 2. The molecule has 0 aromatic heterocycles. The summed E-state index contributed by atoms with van der Waals surface area (Å²) in [5.74, 6) is -0.714. The third-order valence-electron chi connectivity index (χ3n) is 7.87. The summed E-state index contributed by atoms with van der Waals surface area (Å²) in [5, 5.41) is 3.64. The second kappa shape index (κ2) is 14.2. The lowest BCUT2D eigenvalue weighted by Crippen LogP contribution is -2.54. The molecule has 0 aliphatic heterocycles. The number of halogens is 1. The molecule has 0 heterocycles. The van der Waals surface area contributed by atoms with Gasteiger partial charge in [0.05, 0.1) is 10.6 Å². The molecule has 4 rings (SSSR count). The summed E-state index contributed by atoms with van der Waals surface area (Å²) < 4.78 is 29.2. The van der Waals surface area contributed by atoms with Crippen molar-refractivity contribution in [3.8, 4) is 0 Å². The molecule has 9 heteroatoms. The standard InChI is InChI=1S/C33H40ClN3O4S/c1-4-30(33(39)35-27-14-7-5-8-15-27)36(22-26-13-11-12-18-29(26)34)32(38)23-37(31-20-19-24(2)21-25(31)3)42(40,41)28-16-9-6-10-17-28/h6,9-13,16-21,27,30H,4-5,7-8,14-15,22-23H2,1-3H3,(H,35,39). The number of hydrogen-bond donors (Lipinski definition) is 1. The highest BCUT2D eigenvalue weighted by Crippen LogP contribution is 2.29. The van der Waals surface area contributed by atoms with E-state index in [1.807, 2.05) is 45.0 Å². The molecule has 1 N–H and O–H groups in total. The van der Waals surface area contributed by atoms with E-state index in [0.717, 1.165) is 47.5 Å². The minimum absolute atomic E-state index is 0.0706. The van der Waals surface area contributed by atoms with Crippen LogP contribution < -0.4 is 9.62 Å². The zero-order valence-corrected chi connectivity index (χ0v) is 26.1. The zero-order valence-electron chi connectivity index (χ0n) is 24.6. The van der Waals surface area contributed by atoms with Crippen LogP contribution in [0.4, 0.5) is 5.69 Å². The Hall–Kier alpha value is -3.36. The quantitative estimate of drug-likeness (QED) is 0.272. The Balaban J connectivity index is 1.73. The van der Waals surface area contributed by atoms with Crippen molar-refractivity contribution in [2.24, 2.45) is 0 Å². The fraction of sp³-hybridized carbons (Fsp3) is 0.394. The van der Waals surface area contributed by atoms with Gasteiger partial charge in [0.25, 0.3) is 10.0 Å². The van der Waals surface area contributed by atoms with Gasteiger partial charge < -0.3 is 10.2 Å². The number of benzene rings is 3. The van der Waals surface area contributed by atoms with Crippen molar-refractivity contribution >= 4 is 39.1 Å². The van der Waals surface area contributed by atoms with Gasteiger partial charge in [-0.2, -0.15) is 0 Å². The summed E-state index contributed by atoms with van der Waals surface area (Å²) in [6.45, 7) is 5.22. The Morgan fingerprint density at radius 3 is 2.26 bits per heavy atom. The summed E-state index contributed by atoms with van der Waals surface area (Å²) >= 11 is 6.50. The third-order valence-corrected chi connectivity index (χ3v) is 10.0. The van der Waals surface area contributed by atoms with E-state index in [-0.39, 0.29) is 23.4 Å². The summed E-state index contributed by atoms with van der Waals surface area (Å²) in [4.78, 5) is 29.5. The molecule has 42 heavy (non-hydrogen) atoms. The van der Waals surface area contributed by atoms with Crippen molar-refractivity contribution < 1.29 is 18.0 Å². The molecule has 0 bridgehead atoms. The maximum Gasteiger partial charge on any atom is 0.264 e. The van der Waals surface area contributed by atoms with Crippen LogP contribution >= 0.6 is 11.6 Å². The maximum atomic E-state index is 14.3. The molecule has 0 spiro atoms. The van der Waals surface area contributed by atoms with Crippen LogP contribution in [0.5, 0.6) is 0 Å². The molecule has 0 saturated heterocycles. The van der Waals surface area contributed by atoms with E-state index in [1.54, 1.807) is 36.4 Å². The normalized spacial score (nSPS) is 14.7. The van der Waals surface area contributed by atoms with Crippen LogP contribution in [-0.4, -0.2) is 43.8 Å². The minimum Gasteiger partial charge on any atom is -0.352 e. The molecule has 1 atom stereocenters. The summed E-state index contributed by atoms with van der Waals surface area (Å²) in [6.07, 6.45) is 5.47. The van der Waals surface area contributed by atoms with E-state index in [1.165, 1.54) is 17.0 Å². The lowest BCUT2D eigenvalue weighted by Gasteiger charge is -2.35. The Morgan fingerprint density at radius 1 is 0.952 bits per heavy atom. The lowest BCUT2D eigenvalue weighted by molar-refractivity contribution is -0.140. The lowest BCUT2D eigenvalue weighted by atomic mass is 9.95. The molecule has 3 aromatic rings. The van der Waals surface area contributed by atoms with E-state index in [2.05, 4.69) is 5.32 Å². The van der Waals surface area contributed by atoms with Crippen molar-refractivity contribution in [3.63, 3.8) is 0 Å². The van der Waals surface area contributed by atoms with Crippen LogP contribution in [-0.2, 0) is 26.2 Å². The van der Waals surface area contributed by atoms with Gasteiger partial charge >= 0.3 is 0 Å². The number of hydrogen-bond acceptors (Lipinski definition) is 4. The first-order chi connectivity index (χ1) is 20.1. The predicted octanol–water partition coefficient (Wildman–Crippen LogP) is 6.41. The molecular weight excluding hydrogens is 570 g/mol. The molecule has 1 saturated carbocycles. The fourth-order valence-electron chi connectivity index (χ4n) is 5.59. The Bertz CT molecular complexity index is 1490. The zero-order chi connectivity index (χ0) is 30.3. The van der Waals surface area contributed by atoms with Gasteiger partial charge in [0, 0.05) is 17.6 Å². The van der Waals surface area contributed by atoms with Crippen molar-refractivity contribution in [1.82, 2.24) is 10.2 Å². The largest absolute Gasteiger partial charge is 0.352 e. The van der Waals surface area contributed by atoms with E-state index >= 15 is 0 Å². The van der Waals surface area contributed by atoms with Crippen LogP contribution in [0.15, 0.2) is 77.7 Å². The monoisotopic (exact) mass is 609 g/mol. The van der Waals surface area contributed by atoms with Gasteiger partial charge in [0.2, 0.25) is 11.8 Å². The smallest absolute Gasteiger partial charge is 0.264 e. The molecule has 1 aliphatic rings. The van der Waals surface area contributed by atoms with Crippen molar-refractivity contribution in [2.45, 2.75) is 82.8 Å². The number of nitrogens with one attached hydrogen (secondary N) is 1. The molecule has 224 valence electrons. The summed E-state index contributed by atoms with van der Waals surface area (Å²) in [6, 6.07) is 20.0. The number of rotatable bonds is 11. The van der Waals surface area contributed by atoms with Crippen LogP contribution in [0.1, 0.15) is 62.1 Å². The van der Waals surface area contributed by atoms with Gasteiger partial charge in [-0.05, 0) is 68.5 Å². The Labute approximate surface area is 254 Å². The molecule has 1 fully saturated rings. The van der Waals surface area contributed by atoms with Gasteiger partial charge in [-0.3, -0.25) is 13.9 Å². The average Bonchev–Trinajstić information content (AvgIpc) is 2.98. The maximum absolute atomic E-state index is 14.3. The molecule has 2 amide bonds. The van der Waals surface area contributed by atoms with Crippen molar-refractivity contribution in [1.29, 1.82) is 0 Å². The van der Waals surface area contributed by atoms with Crippen molar-refractivity contribution in [2.75, 3.05) is 10.8 Å². The van der Waals surface area contributed by atoms with Gasteiger partial charge in [-0.15, -0.1) is 0 Å². The second-order valence-corrected chi connectivity index (χ2v) is 13.3.